The molecule has 0 unspecified atom stereocenters. The standard InChI is InChI=1S/C23H21NO3/c1-16(17-9-5-3-6-10-17)24-22(25)21-15-19(23(26)27-2)13-14-20(21)18-11-7-4-8-12-18/h3-16H,1-2H3,(H,24,25)/t16-/m1/s1. The first-order valence-electron chi connectivity index (χ1n) is 8.73. The number of nitrogens with one attached hydrogen (secondary N) is 1. The minimum Gasteiger partial charge on any atom is -0.465 e. The quantitative estimate of drug-likeness (QED) is 0.676. The number of esters is 1. The van der Waals surface area contributed by atoms with Crippen molar-refractivity contribution in [1.82, 2.24) is 5.32 Å². The Morgan fingerprint density at radius 3 is 2.15 bits per heavy atom. The van der Waals surface area contributed by atoms with Gasteiger partial charge in [0.15, 0.2) is 0 Å². The molecule has 0 spiro atoms. The maximum Gasteiger partial charge on any atom is 0.337 e. The van der Waals surface area contributed by atoms with Gasteiger partial charge in [-0.05, 0) is 35.7 Å². The number of benzene rings is 3. The van der Waals surface area contributed by atoms with E-state index in [1.807, 2.05) is 67.6 Å². The van der Waals surface area contributed by atoms with Crippen molar-refractivity contribution in [3.05, 3.63) is 95.6 Å². The summed E-state index contributed by atoms with van der Waals surface area (Å²) in [6, 6.07) is 24.2. The molecular formula is C23H21NO3. The molecule has 1 atom stereocenters. The van der Waals surface area contributed by atoms with E-state index in [9.17, 15) is 9.59 Å². The molecule has 0 aliphatic carbocycles. The fourth-order valence-electron chi connectivity index (χ4n) is 2.95. The average molecular weight is 359 g/mol. The van der Waals surface area contributed by atoms with Gasteiger partial charge in [-0.15, -0.1) is 0 Å². The highest BCUT2D eigenvalue weighted by molar-refractivity contribution is 6.03. The molecule has 0 saturated heterocycles. The second kappa shape index (κ2) is 8.32. The Kier molecular flexibility index (Phi) is 5.67. The lowest BCUT2D eigenvalue weighted by Crippen LogP contribution is -2.27. The van der Waals surface area contributed by atoms with Crippen LogP contribution in [0.1, 0.15) is 39.2 Å². The Hall–Kier alpha value is -3.40. The van der Waals surface area contributed by atoms with Gasteiger partial charge in [0.05, 0.1) is 18.7 Å². The third-order valence-corrected chi connectivity index (χ3v) is 4.42. The molecule has 3 aromatic rings. The highest BCUT2D eigenvalue weighted by Crippen LogP contribution is 2.26. The Labute approximate surface area is 158 Å². The van der Waals surface area contributed by atoms with Gasteiger partial charge < -0.3 is 10.1 Å². The van der Waals surface area contributed by atoms with Crippen LogP contribution in [-0.2, 0) is 4.74 Å². The first-order chi connectivity index (χ1) is 13.1. The van der Waals surface area contributed by atoms with Crippen LogP contribution in [0.5, 0.6) is 0 Å². The molecule has 0 radical (unpaired) electrons. The van der Waals surface area contributed by atoms with Crippen molar-refractivity contribution in [3.63, 3.8) is 0 Å². The number of rotatable bonds is 5. The number of carbonyl (C=O) groups excluding carboxylic acids is 2. The van der Waals surface area contributed by atoms with Crippen molar-refractivity contribution < 1.29 is 14.3 Å². The SMILES string of the molecule is COC(=O)c1ccc(-c2ccccc2)c(C(=O)N[C@H](C)c2ccccc2)c1. The topological polar surface area (TPSA) is 55.4 Å². The highest BCUT2D eigenvalue weighted by Gasteiger charge is 2.18. The Morgan fingerprint density at radius 2 is 1.52 bits per heavy atom. The summed E-state index contributed by atoms with van der Waals surface area (Å²) in [6.45, 7) is 1.93. The molecular weight excluding hydrogens is 338 g/mol. The van der Waals surface area contributed by atoms with Crippen molar-refractivity contribution in [1.29, 1.82) is 0 Å². The summed E-state index contributed by atoms with van der Waals surface area (Å²) in [5, 5.41) is 3.02. The van der Waals surface area contributed by atoms with Crippen LogP contribution in [0.2, 0.25) is 0 Å². The summed E-state index contributed by atoms with van der Waals surface area (Å²) in [5.41, 5.74) is 3.46. The fourth-order valence-corrected chi connectivity index (χ4v) is 2.95. The van der Waals surface area contributed by atoms with Gasteiger partial charge in [0, 0.05) is 5.56 Å². The molecule has 136 valence electrons. The lowest BCUT2D eigenvalue weighted by molar-refractivity contribution is 0.0600. The molecule has 3 rings (SSSR count). The number of amides is 1. The molecule has 0 heterocycles. The zero-order valence-corrected chi connectivity index (χ0v) is 15.3. The molecule has 4 nitrogen and oxygen atoms in total. The summed E-state index contributed by atoms with van der Waals surface area (Å²) in [7, 11) is 1.32. The van der Waals surface area contributed by atoms with Crippen molar-refractivity contribution >= 4 is 11.9 Å². The third-order valence-electron chi connectivity index (χ3n) is 4.42. The van der Waals surface area contributed by atoms with Crippen LogP contribution in [-0.4, -0.2) is 19.0 Å². The summed E-state index contributed by atoms with van der Waals surface area (Å²) in [5.74, 6) is -0.712. The summed E-state index contributed by atoms with van der Waals surface area (Å²) >= 11 is 0. The monoisotopic (exact) mass is 359 g/mol. The maximum atomic E-state index is 13.0. The third kappa shape index (κ3) is 4.23. The highest BCUT2D eigenvalue weighted by atomic mass is 16.5. The van der Waals surface area contributed by atoms with Gasteiger partial charge >= 0.3 is 5.97 Å². The van der Waals surface area contributed by atoms with E-state index < -0.39 is 5.97 Å². The number of hydrogen-bond acceptors (Lipinski definition) is 3. The van der Waals surface area contributed by atoms with Crippen LogP contribution >= 0.6 is 0 Å². The van der Waals surface area contributed by atoms with Crippen LogP contribution in [0.25, 0.3) is 11.1 Å². The van der Waals surface area contributed by atoms with Crippen LogP contribution < -0.4 is 5.32 Å². The number of hydrogen-bond donors (Lipinski definition) is 1. The van der Waals surface area contributed by atoms with Gasteiger partial charge in [-0.3, -0.25) is 4.79 Å². The van der Waals surface area contributed by atoms with Gasteiger partial charge in [0.25, 0.3) is 5.91 Å². The van der Waals surface area contributed by atoms with Crippen molar-refractivity contribution in [2.75, 3.05) is 7.11 Å². The molecule has 0 aliphatic rings. The van der Waals surface area contributed by atoms with Crippen LogP contribution in [0.3, 0.4) is 0 Å². The van der Waals surface area contributed by atoms with Gasteiger partial charge in [0.2, 0.25) is 0 Å². The van der Waals surface area contributed by atoms with Gasteiger partial charge in [0.1, 0.15) is 0 Å². The van der Waals surface area contributed by atoms with Crippen molar-refractivity contribution in [2.24, 2.45) is 0 Å². The van der Waals surface area contributed by atoms with Crippen LogP contribution in [0.15, 0.2) is 78.9 Å². The van der Waals surface area contributed by atoms with Crippen molar-refractivity contribution in [3.8, 4) is 11.1 Å². The largest absolute Gasteiger partial charge is 0.465 e. The van der Waals surface area contributed by atoms with Gasteiger partial charge in [-0.25, -0.2) is 4.79 Å². The molecule has 0 aliphatic heterocycles. The number of ether oxygens (including phenoxy) is 1. The molecule has 0 fully saturated rings. The minimum atomic E-state index is -0.472. The maximum absolute atomic E-state index is 13.0. The molecule has 4 heteroatoms. The second-order valence-corrected chi connectivity index (χ2v) is 6.22. The van der Waals surface area contributed by atoms with Crippen molar-refractivity contribution in [2.45, 2.75) is 13.0 Å². The molecule has 3 aromatic carbocycles. The molecule has 0 bridgehead atoms. The Morgan fingerprint density at radius 1 is 0.889 bits per heavy atom. The number of carbonyl (C=O) groups is 2. The minimum absolute atomic E-state index is 0.163. The number of methoxy groups -OCH3 is 1. The van der Waals surface area contributed by atoms with Crippen LogP contribution in [0.4, 0.5) is 0 Å². The lowest BCUT2D eigenvalue weighted by Gasteiger charge is -2.17. The molecule has 27 heavy (non-hydrogen) atoms. The summed E-state index contributed by atoms with van der Waals surface area (Å²) in [6.07, 6.45) is 0. The molecule has 0 saturated carbocycles. The first-order valence-corrected chi connectivity index (χ1v) is 8.73. The van der Waals surface area contributed by atoms with E-state index in [1.54, 1.807) is 18.2 Å². The van der Waals surface area contributed by atoms with E-state index in [0.717, 1.165) is 16.7 Å². The van der Waals surface area contributed by atoms with E-state index in [4.69, 9.17) is 4.74 Å². The van der Waals surface area contributed by atoms with E-state index >= 15 is 0 Å². The van der Waals surface area contributed by atoms with Crippen LogP contribution in [0, 0.1) is 0 Å². The van der Waals surface area contributed by atoms with E-state index in [-0.39, 0.29) is 11.9 Å². The summed E-state index contributed by atoms with van der Waals surface area (Å²) in [4.78, 5) is 24.9. The average Bonchev–Trinajstić information content (AvgIpc) is 2.74. The summed E-state index contributed by atoms with van der Waals surface area (Å²) < 4.78 is 4.80. The fraction of sp³-hybridized carbons (Fsp3) is 0.130. The molecule has 1 amide bonds. The van der Waals surface area contributed by atoms with Gasteiger partial charge in [-0.2, -0.15) is 0 Å². The predicted octanol–water partition coefficient (Wildman–Crippen LogP) is 4.63. The van der Waals surface area contributed by atoms with E-state index in [0.29, 0.717) is 11.1 Å². The first kappa shape index (κ1) is 18.4. The Bertz CT molecular complexity index is 936. The van der Waals surface area contributed by atoms with E-state index in [2.05, 4.69) is 5.32 Å². The smallest absolute Gasteiger partial charge is 0.337 e. The zero-order valence-electron chi connectivity index (χ0n) is 15.3. The van der Waals surface area contributed by atoms with Gasteiger partial charge in [-0.1, -0.05) is 66.7 Å². The Balaban J connectivity index is 1.98. The lowest BCUT2D eigenvalue weighted by atomic mass is 9.96. The molecule has 0 aromatic heterocycles. The van der Waals surface area contributed by atoms with E-state index in [1.165, 1.54) is 7.11 Å². The second-order valence-electron chi connectivity index (χ2n) is 6.22. The predicted molar refractivity (Wildman–Crippen MR) is 106 cm³/mol. The normalized spacial score (nSPS) is 11.5. The zero-order chi connectivity index (χ0) is 19.2. The molecule has 1 N–H and O–H groups in total.